The maximum atomic E-state index is 12.3. The number of benzene rings is 1. The maximum absolute atomic E-state index is 12.3. The number of aliphatic imine (C=N–C) groups is 1. The van der Waals surface area contributed by atoms with Gasteiger partial charge >= 0.3 is 0 Å². The van der Waals surface area contributed by atoms with Crippen LogP contribution < -0.4 is 16.0 Å². The number of amides is 1. The summed E-state index contributed by atoms with van der Waals surface area (Å²) in [4.78, 5) is 18.0. The van der Waals surface area contributed by atoms with E-state index in [0.29, 0.717) is 12.5 Å². The van der Waals surface area contributed by atoms with Crippen LogP contribution in [-0.2, 0) is 11.3 Å². The molecule has 1 aromatic carbocycles. The predicted octanol–water partition coefficient (Wildman–Crippen LogP) is 4.96. The van der Waals surface area contributed by atoms with Crippen LogP contribution in [0.5, 0.6) is 0 Å². The number of halogens is 1. The Bertz CT molecular complexity index is 788. The lowest BCUT2D eigenvalue weighted by Gasteiger charge is -2.16. The van der Waals surface area contributed by atoms with Gasteiger partial charge in [-0.2, -0.15) is 0 Å². The monoisotopic (exact) mass is 526 g/mol. The molecule has 29 heavy (non-hydrogen) atoms. The summed E-state index contributed by atoms with van der Waals surface area (Å²) >= 11 is 1.78. The van der Waals surface area contributed by atoms with E-state index in [1.807, 2.05) is 18.2 Å². The number of guanidine groups is 1. The number of carbonyl (C=O) groups excluding carboxylic acids is 1. The molecule has 3 rings (SSSR count). The average molecular weight is 526 g/mol. The molecule has 1 aliphatic carbocycles. The van der Waals surface area contributed by atoms with Crippen molar-refractivity contribution in [1.82, 2.24) is 10.6 Å². The molecular weight excluding hydrogens is 495 g/mol. The number of hydrogen-bond acceptors (Lipinski definition) is 3. The summed E-state index contributed by atoms with van der Waals surface area (Å²) in [5.74, 6) is 1.55. The number of nitrogens with zero attached hydrogens (tertiary/aromatic N) is 1. The number of rotatable bonds is 7. The molecule has 1 aliphatic rings. The molecule has 0 aliphatic heterocycles. The summed E-state index contributed by atoms with van der Waals surface area (Å²) in [5, 5.41) is 11.9. The van der Waals surface area contributed by atoms with Crippen LogP contribution in [0, 0.1) is 5.92 Å². The predicted molar refractivity (Wildman–Crippen MR) is 133 cm³/mol. The Morgan fingerprint density at radius 3 is 2.69 bits per heavy atom. The molecular formula is C22H31IN4OS. The van der Waals surface area contributed by atoms with E-state index < -0.39 is 0 Å². The lowest BCUT2D eigenvalue weighted by atomic mass is 10.1. The summed E-state index contributed by atoms with van der Waals surface area (Å²) in [7, 11) is 1.78. The average Bonchev–Trinajstić information content (AvgIpc) is 3.42. The van der Waals surface area contributed by atoms with Crippen molar-refractivity contribution in [2.75, 3.05) is 18.9 Å². The number of nitrogens with one attached hydrogen (secondary N) is 3. The first-order valence-corrected chi connectivity index (χ1v) is 10.9. The van der Waals surface area contributed by atoms with Crippen molar-refractivity contribution in [1.29, 1.82) is 0 Å². The van der Waals surface area contributed by atoms with E-state index in [0.717, 1.165) is 36.6 Å². The van der Waals surface area contributed by atoms with Crippen molar-refractivity contribution in [2.45, 2.75) is 45.1 Å². The Kier molecular flexibility index (Phi) is 9.93. The first-order chi connectivity index (χ1) is 13.7. The van der Waals surface area contributed by atoms with E-state index in [4.69, 9.17) is 0 Å². The van der Waals surface area contributed by atoms with Gasteiger partial charge in [0, 0.05) is 42.5 Å². The van der Waals surface area contributed by atoms with Crippen LogP contribution >= 0.6 is 35.3 Å². The molecule has 158 valence electrons. The lowest BCUT2D eigenvalue weighted by Crippen LogP contribution is -2.38. The van der Waals surface area contributed by atoms with Crippen molar-refractivity contribution in [2.24, 2.45) is 10.9 Å². The number of anilines is 1. The van der Waals surface area contributed by atoms with Gasteiger partial charge in [0.05, 0.1) is 0 Å². The molecule has 0 spiro atoms. The molecule has 3 N–H and O–H groups in total. The van der Waals surface area contributed by atoms with Gasteiger partial charge in [-0.1, -0.05) is 38.0 Å². The molecule has 1 aromatic heterocycles. The topological polar surface area (TPSA) is 65.5 Å². The standard InChI is InChI=1S/C22H30N4OS.HI/c1-16(20-11-6-12-28-20)14-24-22(23-2)25-15-17-7-5-10-19(13-17)26-21(27)18-8-3-4-9-18;/h5-7,10-13,16,18H,3-4,8-9,14-15H2,1-2H3,(H,26,27)(H2,23,24,25);1H. The fourth-order valence-electron chi connectivity index (χ4n) is 3.52. The van der Waals surface area contributed by atoms with Crippen LogP contribution in [0.4, 0.5) is 5.69 Å². The van der Waals surface area contributed by atoms with E-state index in [9.17, 15) is 4.79 Å². The first kappa shape index (κ1) is 23.7. The molecule has 1 fully saturated rings. The highest BCUT2D eigenvalue weighted by molar-refractivity contribution is 14.0. The Labute approximate surface area is 194 Å². The molecule has 7 heteroatoms. The lowest BCUT2D eigenvalue weighted by molar-refractivity contribution is -0.119. The molecule has 0 saturated heterocycles. The summed E-state index contributed by atoms with van der Waals surface area (Å²) in [6, 6.07) is 12.3. The quantitative estimate of drug-likeness (QED) is 0.272. The van der Waals surface area contributed by atoms with Crippen molar-refractivity contribution >= 4 is 52.9 Å². The van der Waals surface area contributed by atoms with Gasteiger partial charge in [-0.05, 0) is 42.0 Å². The SMILES string of the molecule is CN=C(NCc1cccc(NC(=O)C2CCCC2)c1)NCC(C)c1cccs1.I. The third-order valence-electron chi connectivity index (χ3n) is 5.21. The molecule has 1 heterocycles. The van der Waals surface area contributed by atoms with E-state index in [1.165, 1.54) is 17.7 Å². The smallest absolute Gasteiger partial charge is 0.227 e. The van der Waals surface area contributed by atoms with E-state index >= 15 is 0 Å². The number of carbonyl (C=O) groups is 1. The maximum Gasteiger partial charge on any atom is 0.227 e. The number of thiophene rings is 1. The number of hydrogen-bond donors (Lipinski definition) is 3. The van der Waals surface area contributed by atoms with E-state index in [1.54, 1.807) is 18.4 Å². The van der Waals surface area contributed by atoms with Gasteiger partial charge in [0.15, 0.2) is 5.96 Å². The zero-order valence-corrected chi connectivity index (χ0v) is 20.3. The van der Waals surface area contributed by atoms with Gasteiger partial charge in [-0.15, -0.1) is 35.3 Å². The second-order valence-electron chi connectivity index (χ2n) is 7.39. The van der Waals surface area contributed by atoms with Crippen molar-refractivity contribution in [3.8, 4) is 0 Å². The zero-order chi connectivity index (χ0) is 19.8. The van der Waals surface area contributed by atoms with Gasteiger partial charge in [-0.25, -0.2) is 0 Å². The summed E-state index contributed by atoms with van der Waals surface area (Å²) in [6.45, 7) is 3.69. The molecule has 1 atom stereocenters. The Morgan fingerprint density at radius 1 is 1.21 bits per heavy atom. The van der Waals surface area contributed by atoms with E-state index in [2.05, 4.69) is 51.4 Å². The van der Waals surface area contributed by atoms with Gasteiger partial charge in [0.25, 0.3) is 0 Å². The Morgan fingerprint density at radius 2 is 2.00 bits per heavy atom. The highest BCUT2D eigenvalue weighted by Crippen LogP contribution is 2.26. The van der Waals surface area contributed by atoms with Crippen LogP contribution in [-0.4, -0.2) is 25.5 Å². The molecule has 1 amide bonds. The van der Waals surface area contributed by atoms with Crippen LogP contribution in [0.3, 0.4) is 0 Å². The molecule has 0 bridgehead atoms. The van der Waals surface area contributed by atoms with Crippen LogP contribution in [0.15, 0.2) is 46.8 Å². The fraction of sp³-hybridized carbons (Fsp3) is 0.455. The van der Waals surface area contributed by atoms with Crippen molar-refractivity contribution in [3.63, 3.8) is 0 Å². The zero-order valence-electron chi connectivity index (χ0n) is 17.1. The third-order valence-corrected chi connectivity index (χ3v) is 6.31. The summed E-state index contributed by atoms with van der Waals surface area (Å²) in [6.07, 6.45) is 4.36. The normalized spacial score (nSPS) is 15.4. The molecule has 0 radical (unpaired) electrons. The fourth-order valence-corrected chi connectivity index (χ4v) is 4.31. The third kappa shape index (κ3) is 7.29. The van der Waals surface area contributed by atoms with Crippen LogP contribution in [0.1, 0.15) is 49.0 Å². The van der Waals surface area contributed by atoms with E-state index in [-0.39, 0.29) is 35.8 Å². The van der Waals surface area contributed by atoms with Gasteiger partial charge < -0.3 is 16.0 Å². The second-order valence-corrected chi connectivity index (χ2v) is 8.37. The molecule has 5 nitrogen and oxygen atoms in total. The van der Waals surface area contributed by atoms with Gasteiger partial charge in [0.2, 0.25) is 5.91 Å². The minimum Gasteiger partial charge on any atom is -0.356 e. The van der Waals surface area contributed by atoms with Gasteiger partial charge in [-0.3, -0.25) is 9.79 Å². The Hall–Kier alpha value is -1.61. The molecule has 1 saturated carbocycles. The van der Waals surface area contributed by atoms with Crippen LogP contribution in [0.25, 0.3) is 0 Å². The summed E-state index contributed by atoms with van der Waals surface area (Å²) in [5.41, 5.74) is 1.98. The largest absolute Gasteiger partial charge is 0.356 e. The van der Waals surface area contributed by atoms with Crippen molar-refractivity contribution in [3.05, 3.63) is 52.2 Å². The van der Waals surface area contributed by atoms with Gasteiger partial charge in [0.1, 0.15) is 0 Å². The first-order valence-electron chi connectivity index (χ1n) is 10.0. The molecule has 1 unspecified atom stereocenters. The highest BCUT2D eigenvalue weighted by Gasteiger charge is 2.22. The minimum absolute atomic E-state index is 0. The highest BCUT2D eigenvalue weighted by atomic mass is 127. The minimum atomic E-state index is 0. The Balaban J connectivity index is 0.00000300. The van der Waals surface area contributed by atoms with Crippen molar-refractivity contribution < 1.29 is 4.79 Å². The van der Waals surface area contributed by atoms with Crippen LogP contribution in [0.2, 0.25) is 0 Å². The second kappa shape index (κ2) is 12.2. The summed E-state index contributed by atoms with van der Waals surface area (Å²) < 4.78 is 0. The molecule has 2 aromatic rings.